The molecule has 0 radical (unpaired) electrons. The van der Waals surface area contributed by atoms with Gasteiger partial charge in [0.1, 0.15) is 0 Å². The van der Waals surface area contributed by atoms with Gasteiger partial charge in [-0.1, -0.05) is 44.5 Å². The van der Waals surface area contributed by atoms with Gasteiger partial charge >= 0.3 is 0 Å². The van der Waals surface area contributed by atoms with E-state index in [9.17, 15) is 9.59 Å². The van der Waals surface area contributed by atoms with Gasteiger partial charge in [-0.25, -0.2) is 0 Å². The van der Waals surface area contributed by atoms with Gasteiger partial charge < -0.3 is 9.80 Å². The van der Waals surface area contributed by atoms with Crippen molar-refractivity contribution in [2.24, 2.45) is 0 Å². The molecule has 2 aromatic carbocycles. The Morgan fingerprint density at radius 2 is 1.48 bits per heavy atom. The third-order valence-electron chi connectivity index (χ3n) is 5.67. The van der Waals surface area contributed by atoms with E-state index in [0.717, 1.165) is 50.3 Å². The summed E-state index contributed by atoms with van der Waals surface area (Å²) in [4.78, 5) is 32.0. The number of unbranched alkanes of at least 4 members (excludes halogenated alkanes) is 2. The maximum atomic E-state index is 13.3. The second-order valence-corrected chi connectivity index (χ2v) is 7.44. The number of hydrogen-bond acceptors (Lipinski definition) is 3. The average Bonchev–Trinajstić information content (AvgIpc) is 2.84. The number of para-hydroxylation sites is 3. The Hall–Kier alpha value is -2.66. The quantitative estimate of drug-likeness (QED) is 0.603. The summed E-state index contributed by atoms with van der Waals surface area (Å²) < 4.78 is 0. The zero-order chi connectivity index (χ0) is 20.8. The highest BCUT2D eigenvalue weighted by Crippen LogP contribution is 2.40. The number of fused-ring (bicyclic) bond motifs is 2. The molecule has 29 heavy (non-hydrogen) atoms. The van der Waals surface area contributed by atoms with Gasteiger partial charge in [0.25, 0.3) is 5.91 Å². The molecule has 0 aliphatic carbocycles. The highest BCUT2D eigenvalue weighted by molar-refractivity contribution is 6.18. The average molecular weight is 394 g/mol. The first kappa shape index (κ1) is 21.1. The number of hydrogen-bond donors (Lipinski definition) is 0. The molecule has 0 unspecified atom stereocenters. The SMILES string of the molecule is CCN(CC)CCCCCC(=O)N1c2ccccc2C(=O)N(C)c2ccccc21. The van der Waals surface area contributed by atoms with Crippen LogP contribution in [0.4, 0.5) is 17.1 Å². The van der Waals surface area contributed by atoms with Crippen LogP contribution in [0, 0.1) is 0 Å². The van der Waals surface area contributed by atoms with Crippen molar-refractivity contribution in [3.63, 3.8) is 0 Å². The van der Waals surface area contributed by atoms with Crippen LogP contribution in [-0.4, -0.2) is 43.4 Å². The lowest BCUT2D eigenvalue weighted by molar-refractivity contribution is -0.118. The fourth-order valence-corrected chi connectivity index (χ4v) is 3.91. The normalized spacial score (nSPS) is 13.3. The minimum atomic E-state index is -0.0948. The summed E-state index contributed by atoms with van der Waals surface area (Å²) in [7, 11) is 1.76. The van der Waals surface area contributed by atoms with Crippen molar-refractivity contribution in [3.8, 4) is 0 Å². The zero-order valence-electron chi connectivity index (χ0n) is 17.7. The number of carbonyl (C=O) groups excluding carboxylic acids is 2. The summed E-state index contributed by atoms with van der Waals surface area (Å²) >= 11 is 0. The van der Waals surface area contributed by atoms with Crippen molar-refractivity contribution >= 4 is 28.9 Å². The van der Waals surface area contributed by atoms with E-state index in [4.69, 9.17) is 0 Å². The van der Waals surface area contributed by atoms with Crippen LogP contribution in [0.3, 0.4) is 0 Å². The van der Waals surface area contributed by atoms with E-state index in [0.29, 0.717) is 17.7 Å². The molecule has 0 spiro atoms. The molecule has 1 heterocycles. The fraction of sp³-hybridized carbons (Fsp3) is 0.417. The smallest absolute Gasteiger partial charge is 0.260 e. The first-order valence-corrected chi connectivity index (χ1v) is 10.6. The Bertz CT molecular complexity index is 861. The van der Waals surface area contributed by atoms with E-state index >= 15 is 0 Å². The minimum Gasteiger partial charge on any atom is -0.309 e. The molecule has 0 fully saturated rings. The summed E-state index contributed by atoms with van der Waals surface area (Å²) in [5.41, 5.74) is 2.74. The van der Waals surface area contributed by atoms with Crippen molar-refractivity contribution in [1.82, 2.24) is 4.90 Å². The predicted octanol–water partition coefficient (Wildman–Crippen LogP) is 4.84. The van der Waals surface area contributed by atoms with Crippen LogP contribution < -0.4 is 9.80 Å². The second kappa shape index (κ2) is 9.70. The highest BCUT2D eigenvalue weighted by Gasteiger charge is 2.31. The lowest BCUT2D eigenvalue weighted by Crippen LogP contribution is -2.26. The van der Waals surface area contributed by atoms with Gasteiger partial charge in [0.15, 0.2) is 0 Å². The van der Waals surface area contributed by atoms with Crippen LogP contribution >= 0.6 is 0 Å². The molecule has 0 N–H and O–H groups in total. The molecule has 0 aromatic heterocycles. The molecule has 1 aliphatic heterocycles. The van der Waals surface area contributed by atoms with E-state index < -0.39 is 0 Å². The fourth-order valence-electron chi connectivity index (χ4n) is 3.91. The van der Waals surface area contributed by atoms with Crippen LogP contribution in [0.5, 0.6) is 0 Å². The molecule has 154 valence electrons. The topological polar surface area (TPSA) is 43.9 Å². The number of carbonyl (C=O) groups is 2. The van der Waals surface area contributed by atoms with Crippen molar-refractivity contribution < 1.29 is 9.59 Å². The number of anilines is 3. The molecule has 1 aliphatic rings. The summed E-state index contributed by atoms with van der Waals surface area (Å²) in [6, 6.07) is 15.0. The van der Waals surface area contributed by atoms with E-state index in [1.54, 1.807) is 22.9 Å². The largest absolute Gasteiger partial charge is 0.309 e. The number of amides is 2. The molecule has 0 atom stereocenters. The Morgan fingerprint density at radius 3 is 2.17 bits per heavy atom. The molecule has 2 aromatic rings. The first-order valence-electron chi connectivity index (χ1n) is 10.6. The monoisotopic (exact) mass is 393 g/mol. The second-order valence-electron chi connectivity index (χ2n) is 7.44. The Labute approximate surface area is 173 Å². The molecule has 0 saturated heterocycles. The highest BCUT2D eigenvalue weighted by atomic mass is 16.2. The van der Waals surface area contributed by atoms with E-state index in [1.807, 2.05) is 42.5 Å². The standard InChI is InChI=1S/C24H31N3O2/c1-4-26(5-2)18-12-6-7-17-23(28)27-20-14-9-8-13-19(20)24(29)25(3)21-15-10-11-16-22(21)27/h8-11,13-16H,4-7,12,17-18H2,1-3H3. The van der Waals surface area contributed by atoms with Crippen LogP contribution in [0.1, 0.15) is 49.9 Å². The Kier molecular flexibility index (Phi) is 7.04. The van der Waals surface area contributed by atoms with Gasteiger partial charge in [0.05, 0.1) is 22.6 Å². The Morgan fingerprint density at radius 1 is 0.862 bits per heavy atom. The minimum absolute atomic E-state index is 0.0378. The maximum Gasteiger partial charge on any atom is 0.260 e. The van der Waals surface area contributed by atoms with Gasteiger partial charge in [-0.3, -0.25) is 14.5 Å². The molecular weight excluding hydrogens is 362 g/mol. The third kappa shape index (κ3) is 4.51. The van der Waals surface area contributed by atoms with Crippen LogP contribution in [-0.2, 0) is 4.79 Å². The number of benzene rings is 2. The van der Waals surface area contributed by atoms with Gasteiger partial charge in [0, 0.05) is 13.5 Å². The number of nitrogens with zero attached hydrogens (tertiary/aromatic N) is 3. The van der Waals surface area contributed by atoms with Crippen LogP contribution in [0.25, 0.3) is 0 Å². The van der Waals surface area contributed by atoms with Crippen molar-refractivity contribution in [1.29, 1.82) is 0 Å². The summed E-state index contributed by atoms with van der Waals surface area (Å²) in [6.45, 7) is 7.58. The Balaban J connectivity index is 1.79. The van der Waals surface area contributed by atoms with Crippen molar-refractivity contribution in [2.45, 2.75) is 39.5 Å². The predicted molar refractivity (Wildman–Crippen MR) is 119 cm³/mol. The lowest BCUT2D eigenvalue weighted by Gasteiger charge is -2.25. The van der Waals surface area contributed by atoms with E-state index in [-0.39, 0.29) is 11.8 Å². The van der Waals surface area contributed by atoms with E-state index in [2.05, 4.69) is 18.7 Å². The van der Waals surface area contributed by atoms with Gasteiger partial charge in [0.2, 0.25) is 5.91 Å². The van der Waals surface area contributed by atoms with Crippen LogP contribution in [0.2, 0.25) is 0 Å². The van der Waals surface area contributed by atoms with Crippen LogP contribution in [0.15, 0.2) is 48.5 Å². The van der Waals surface area contributed by atoms with Gasteiger partial charge in [-0.05, 0) is 56.7 Å². The molecule has 0 bridgehead atoms. The zero-order valence-corrected chi connectivity index (χ0v) is 17.7. The molecular formula is C24H31N3O2. The lowest BCUT2D eigenvalue weighted by atomic mass is 10.1. The molecule has 2 amide bonds. The summed E-state index contributed by atoms with van der Waals surface area (Å²) in [6.07, 6.45) is 3.45. The van der Waals surface area contributed by atoms with Crippen molar-refractivity contribution in [2.75, 3.05) is 36.5 Å². The van der Waals surface area contributed by atoms with E-state index in [1.165, 1.54) is 0 Å². The van der Waals surface area contributed by atoms with Gasteiger partial charge in [-0.2, -0.15) is 0 Å². The first-order chi connectivity index (χ1) is 14.1. The summed E-state index contributed by atoms with van der Waals surface area (Å²) in [5.74, 6) is -0.0570. The molecule has 5 heteroatoms. The third-order valence-corrected chi connectivity index (χ3v) is 5.67. The molecule has 0 saturated carbocycles. The molecule has 5 nitrogen and oxygen atoms in total. The number of rotatable bonds is 8. The van der Waals surface area contributed by atoms with Gasteiger partial charge in [-0.15, -0.1) is 0 Å². The van der Waals surface area contributed by atoms with Crippen molar-refractivity contribution in [3.05, 3.63) is 54.1 Å². The maximum absolute atomic E-state index is 13.3. The summed E-state index contributed by atoms with van der Waals surface area (Å²) in [5, 5.41) is 0. The molecule has 3 rings (SSSR count).